The molecular formula is C13H25NO2. The minimum absolute atomic E-state index is 0.0122. The highest BCUT2D eigenvalue weighted by Gasteiger charge is 2.31. The van der Waals surface area contributed by atoms with E-state index in [4.69, 9.17) is 4.74 Å². The van der Waals surface area contributed by atoms with Crippen molar-refractivity contribution in [3.8, 4) is 0 Å². The van der Waals surface area contributed by atoms with Gasteiger partial charge in [0.25, 0.3) is 0 Å². The molecule has 0 aromatic carbocycles. The largest absolute Gasteiger partial charge is 0.465 e. The summed E-state index contributed by atoms with van der Waals surface area (Å²) in [6, 6.07) is -0.0122. The highest BCUT2D eigenvalue weighted by Crippen LogP contribution is 2.24. The zero-order chi connectivity index (χ0) is 12.0. The second-order valence-corrected chi connectivity index (χ2v) is 4.61. The van der Waals surface area contributed by atoms with Crippen LogP contribution in [0.2, 0.25) is 0 Å². The Bertz CT molecular complexity index is 218. The van der Waals surface area contributed by atoms with E-state index in [1.807, 2.05) is 6.92 Å². The van der Waals surface area contributed by atoms with E-state index < -0.39 is 0 Å². The Morgan fingerprint density at radius 2 is 2.19 bits per heavy atom. The van der Waals surface area contributed by atoms with Crippen LogP contribution in [0.25, 0.3) is 0 Å². The zero-order valence-electron chi connectivity index (χ0n) is 10.9. The fourth-order valence-electron chi connectivity index (χ4n) is 2.60. The highest BCUT2D eigenvalue weighted by atomic mass is 16.5. The van der Waals surface area contributed by atoms with Gasteiger partial charge in [0.05, 0.1) is 6.61 Å². The van der Waals surface area contributed by atoms with Crippen LogP contribution in [-0.4, -0.2) is 36.6 Å². The van der Waals surface area contributed by atoms with Crippen LogP contribution >= 0.6 is 0 Å². The lowest BCUT2D eigenvalue weighted by molar-refractivity contribution is -0.149. The third kappa shape index (κ3) is 3.48. The summed E-state index contributed by atoms with van der Waals surface area (Å²) in [6.45, 7) is 8.78. The minimum atomic E-state index is -0.0397. The molecular weight excluding hydrogens is 202 g/mol. The molecule has 0 aromatic rings. The molecule has 0 aromatic heterocycles. The molecule has 2 atom stereocenters. The van der Waals surface area contributed by atoms with Crippen LogP contribution in [0.15, 0.2) is 0 Å². The van der Waals surface area contributed by atoms with Crippen LogP contribution < -0.4 is 0 Å². The van der Waals surface area contributed by atoms with Gasteiger partial charge in [-0.2, -0.15) is 0 Å². The molecule has 1 fully saturated rings. The van der Waals surface area contributed by atoms with Crippen LogP contribution in [0.3, 0.4) is 0 Å². The normalized spacial score (nSPS) is 23.3. The van der Waals surface area contributed by atoms with Gasteiger partial charge in [0, 0.05) is 6.54 Å². The van der Waals surface area contributed by atoms with Crippen LogP contribution in [0.4, 0.5) is 0 Å². The van der Waals surface area contributed by atoms with Crippen molar-refractivity contribution >= 4 is 5.97 Å². The van der Waals surface area contributed by atoms with Gasteiger partial charge in [-0.15, -0.1) is 0 Å². The van der Waals surface area contributed by atoms with Crippen LogP contribution in [0.5, 0.6) is 0 Å². The van der Waals surface area contributed by atoms with E-state index in [2.05, 4.69) is 18.7 Å². The Labute approximate surface area is 99.1 Å². The summed E-state index contributed by atoms with van der Waals surface area (Å²) in [5, 5.41) is 0. The summed E-state index contributed by atoms with van der Waals surface area (Å²) in [7, 11) is 0. The van der Waals surface area contributed by atoms with Gasteiger partial charge in [-0.05, 0) is 38.6 Å². The van der Waals surface area contributed by atoms with Crippen LogP contribution in [0.1, 0.15) is 46.5 Å². The second kappa shape index (κ2) is 6.89. The van der Waals surface area contributed by atoms with Crippen LogP contribution in [-0.2, 0) is 9.53 Å². The average Bonchev–Trinajstić information content (AvgIpc) is 2.68. The van der Waals surface area contributed by atoms with Gasteiger partial charge in [0.1, 0.15) is 6.04 Å². The molecule has 0 aliphatic carbocycles. The average molecular weight is 227 g/mol. The van der Waals surface area contributed by atoms with Crippen molar-refractivity contribution in [1.82, 2.24) is 4.90 Å². The number of carbonyl (C=O) groups excluding carboxylic acids is 1. The molecule has 1 rings (SSSR count). The van der Waals surface area contributed by atoms with Crippen molar-refractivity contribution in [2.75, 3.05) is 19.7 Å². The number of rotatable bonds is 6. The van der Waals surface area contributed by atoms with E-state index in [1.54, 1.807) is 0 Å². The zero-order valence-corrected chi connectivity index (χ0v) is 10.9. The number of esters is 1. The van der Waals surface area contributed by atoms with Crippen molar-refractivity contribution in [2.45, 2.75) is 52.5 Å². The summed E-state index contributed by atoms with van der Waals surface area (Å²) in [5.41, 5.74) is 0. The monoisotopic (exact) mass is 227 g/mol. The van der Waals surface area contributed by atoms with Gasteiger partial charge in [0.15, 0.2) is 0 Å². The minimum Gasteiger partial charge on any atom is -0.465 e. The lowest BCUT2D eigenvalue weighted by atomic mass is 10.0. The Hall–Kier alpha value is -0.570. The molecule has 0 saturated carbocycles. The molecule has 0 bridgehead atoms. The fraction of sp³-hybridized carbons (Fsp3) is 0.923. The second-order valence-electron chi connectivity index (χ2n) is 4.61. The predicted molar refractivity (Wildman–Crippen MR) is 65.3 cm³/mol. The Kier molecular flexibility index (Phi) is 5.81. The van der Waals surface area contributed by atoms with Crippen molar-refractivity contribution in [1.29, 1.82) is 0 Å². The molecule has 16 heavy (non-hydrogen) atoms. The molecule has 3 nitrogen and oxygen atoms in total. The van der Waals surface area contributed by atoms with Crippen LogP contribution in [0, 0.1) is 5.92 Å². The number of hydrogen-bond acceptors (Lipinski definition) is 3. The van der Waals surface area contributed by atoms with Gasteiger partial charge in [-0.3, -0.25) is 9.69 Å². The number of nitrogens with zero attached hydrogens (tertiary/aromatic N) is 1. The van der Waals surface area contributed by atoms with E-state index in [-0.39, 0.29) is 12.0 Å². The van der Waals surface area contributed by atoms with E-state index in [9.17, 15) is 4.79 Å². The quantitative estimate of drug-likeness (QED) is 0.653. The van der Waals surface area contributed by atoms with E-state index in [1.165, 1.54) is 19.3 Å². The number of hydrogen-bond donors (Lipinski definition) is 0. The van der Waals surface area contributed by atoms with Gasteiger partial charge >= 0.3 is 5.97 Å². The Morgan fingerprint density at radius 1 is 1.44 bits per heavy atom. The Balaban J connectivity index is 2.45. The van der Waals surface area contributed by atoms with E-state index in [0.717, 1.165) is 25.4 Å². The summed E-state index contributed by atoms with van der Waals surface area (Å²) >= 11 is 0. The maximum absolute atomic E-state index is 11.8. The first kappa shape index (κ1) is 13.5. The maximum Gasteiger partial charge on any atom is 0.323 e. The van der Waals surface area contributed by atoms with Crippen molar-refractivity contribution < 1.29 is 9.53 Å². The van der Waals surface area contributed by atoms with Crippen molar-refractivity contribution in [3.05, 3.63) is 0 Å². The molecule has 1 saturated heterocycles. The molecule has 94 valence electrons. The molecule has 1 aliphatic heterocycles. The van der Waals surface area contributed by atoms with E-state index >= 15 is 0 Å². The first-order chi connectivity index (χ1) is 7.72. The highest BCUT2D eigenvalue weighted by molar-refractivity contribution is 5.75. The van der Waals surface area contributed by atoms with Gasteiger partial charge in [-0.1, -0.05) is 20.3 Å². The molecule has 0 radical (unpaired) electrons. The molecule has 1 aliphatic rings. The lowest BCUT2D eigenvalue weighted by Gasteiger charge is -2.24. The topological polar surface area (TPSA) is 29.5 Å². The van der Waals surface area contributed by atoms with Gasteiger partial charge in [-0.25, -0.2) is 0 Å². The molecule has 0 spiro atoms. The standard InChI is InChI=1S/C13H25NO2/c1-4-7-11-8-9-14(10-11)12(5-2)13(15)16-6-3/h11-12H,4-10H2,1-3H3. The van der Waals surface area contributed by atoms with Gasteiger partial charge in [0.2, 0.25) is 0 Å². The molecule has 0 N–H and O–H groups in total. The summed E-state index contributed by atoms with van der Waals surface area (Å²) in [5.74, 6) is 0.746. The third-order valence-electron chi connectivity index (χ3n) is 3.40. The maximum atomic E-state index is 11.8. The predicted octanol–water partition coefficient (Wildman–Crippen LogP) is 2.45. The number of carbonyl (C=O) groups is 1. The number of ether oxygens (including phenoxy) is 1. The summed E-state index contributed by atoms with van der Waals surface area (Å²) < 4.78 is 5.12. The first-order valence-electron chi connectivity index (χ1n) is 6.63. The van der Waals surface area contributed by atoms with Crippen molar-refractivity contribution in [2.24, 2.45) is 5.92 Å². The molecule has 2 unspecified atom stereocenters. The molecule has 3 heteroatoms. The third-order valence-corrected chi connectivity index (χ3v) is 3.40. The van der Waals surface area contributed by atoms with E-state index in [0.29, 0.717) is 6.61 Å². The first-order valence-corrected chi connectivity index (χ1v) is 6.63. The fourth-order valence-corrected chi connectivity index (χ4v) is 2.60. The molecule has 0 amide bonds. The summed E-state index contributed by atoms with van der Waals surface area (Å²) in [6.07, 6.45) is 4.63. The van der Waals surface area contributed by atoms with Crippen molar-refractivity contribution in [3.63, 3.8) is 0 Å². The molecule has 1 heterocycles. The smallest absolute Gasteiger partial charge is 0.323 e. The Morgan fingerprint density at radius 3 is 2.75 bits per heavy atom. The lowest BCUT2D eigenvalue weighted by Crippen LogP contribution is -2.40. The number of likely N-dealkylation sites (tertiary alicyclic amines) is 1. The SMILES string of the molecule is CCCC1CCN(C(CC)C(=O)OCC)C1. The van der Waals surface area contributed by atoms with Gasteiger partial charge < -0.3 is 4.74 Å². The summed E-state index contributed by atoms with van der Waals surface area (Å²) in [4.78, 5) is 14.1.